The third-order valence-electron chi connectivity index (χ3n) is 12.5. The standard InChI is InChI=1S/C61H44N2/c1-41(42-25-29-45(30-26-42)56-39-49-19-11-12-22-52(49)54-23-13-14-24-55(54)56)37-59(62-51-20-9-4-10-21-51)47-31-27-43(28-32-47)48-33-35-53-50(38-48)34-36-58-61(53)57(44-15-5-2-6-16-44)40-60(63-58)46-17-7-3-8-18-46/h2,4-7,9-40H,3,8H2,1H3/b41-37+,62-59?. The smallest absolute Gasteiger partial charge is 0.0722 e. The highest BCUT2D eigenvalue weighted by atomic mass is 14.7. The predicted molar refractivity (Wildman–Crippen MR) is 270 cm³/mol. The van der Waals surface area contributed by atoms with Gasteiger partial charge in [-0.05, 0) is 145 Å². The van der Waals surface area contributed by atoms with Crippen molar-refractivity contribution in [1.82, 2.24) is 4.98 Å². The van der Waals surface area contributed by atoms with Crippen molar-refractivity contribution in [1.29, 1.82) is 0 Å². The molecule has 9 aromatic carbocycles. The minimum Gasteiger partial charge on any atom is -0.248 e. The molecule has 10 aromatic rings. The molecule has 0 saturated heterocycles. The Kier molecular flexibility index (Phi) is 9.95. The van der Waals surface area contributed by atoms with E-state index < -0.39 is 0 Å². The highest BCUT2D eigenvalue weighted by Crippen LogP contribution is 2.39. The Labute approximate surface area is 368 Å². The zero-order valence-corrected chi connectivity index (χ0v) is 35.2. The van der Waals surface area contributed by atoms with Crippen molar-refractivity contribution in [3.05, 3.63) is 241 Å². The van der Waals surface area contributed by atoms with E-state index in [9.17, 15) is 0 Å². The Bertz CT molecular complexity index is 3460. The molecule has 0 unspecified atom stereocenters. The first kappa shape index (κ1) is 38.0. The van der Waals surface area contributed by atoms with Crippen LogP contribution in [0.25, 0.3) is 87.7 Å². The molecule has 2 heteroatoms. The van der Waals surface area contributed by atoms with Gasteiger partial charge in [-0.1, -0.05) is 182 Å². The van der Waals surface area contributed by atoms with Gasteiger partial charge in [-0.3, -0.25) is 0 Å². The number of hydrogen-bond acceptors (Lipinski definition) is 2. The summed E-state index contributed by atoms with van der Waals surface area (Å²) in [6.07, 6.45) is 11.1. The second-order valence-corrected chi connectivity index (χ2v) is 16.5. The fourth-order valence-electron chi connectivity index (χ4n) is 9.19. The van der Waals surface area contributed by atoms with Crippen molar-refractivity contribution in [3.63, 3.8) is 0 Å². The molecule has 1 heterocycles. The molecule has 2 nitrogen and oxygen atoms in total. The molecule has 1 aromatic heterocycles. The minimum atomic E-state index is 0.916. The second kappa shape index (κ2) is 16.5. The number of allylic oxidation sites excluding steroid dienone is 6. The van der Waals surface area contributed by atoms with Gasteiger partial charge in [-0.25, -0.2) is 9.98 Å². The maximum atomic E-state index is 5.21. The molecule has 11 rings (SSSR count). The van der Waals surface area contributed by atoms with E-state index in [-0.39, 0.29) is 0 Å². The number of hydrogen-bond donors (Lipinski definition) is 0. The Morgan fingerprint density at radius 1 is 0.492 bits per heavy atom. The molecular formula is C61H44N2. The van der Waals surface area contributed by atoms with Crippen LogP contribution in [0, 0.1) is 0 Å². The lowest BCUT2D eigenvalue weighted by Gasteiger charge is -2.15. The topological polar surface area (TPSA) is 25.2 Å². The Morgan fingerprint density at radius 2 is 1.14 bits per heavy atom. The molecule has 0 spiro atoms. The molecule has 0 N–H and O–H groups in total. The van der Waals surface area contributed by atoms with Crippen LogP contribution >= 0.6 is 0 Å². The Balaban J connectivity index is 0.927. The molecule has 1 aliphatic carbocycles. The molecule has 1 aliphatic rings. The van der Waals surface area contributed by atoms with Crippen molar-refractivity contribution in [2.75, 3.05) is 0 Å². The molecule has 0 aliphatic heterocycles. The first-order valence-corrected chi connectivity index (χ1v) is 21.9. The van der Waals surface area contributed by atoms with Crippen LogP contribution in [0.2, 0.25) is 0 Å². The average molecular weight is 805 g/mol. The Hall–Kier alpha value is -7.94. The van der Waals surface area contributed by atoms with Crippen LogP contribution in [-0.2, 0) is 0 Å². The van der Waals surface area contributed by atoms with Crippen LogP contribution < -0.4 is 0 Å². The summed E-state index contributed by atoms with van der Waals surface area (Å²) in [6.45, 7) is 2.18. The van der Waals surface area contributed by atoms with Gasteiger partial charge >= 0.3 is 0 Å². The molecule has 298 valence electrons. The third-order valence-corrected chi connectivity index (χ3v) is 12.5. The highest BCUT2D eigenvalue weighted by Gasteiger charge is 2.15. The SMILES string of the molecule is C/C(=C\C(=Nc1ccccc1)c1ccc(-c2ccc3c(ccc4nc(C5=CCCC=C5)cc(-c5ccccc5)c43)c2)cc1)c1ccc(-c2cc3ccccc3c3ccccc23)cc1. The van der Waals surface area contributed by atoms with Gasteiger partial charge in [0.25, 0.3) is 0 Å². The lowest BCUT2D eigenvalue weighted by molar-refractivity contribution is 1.04. The van der Waals surface area contributed by atoms with Crippen molar-refractivity contribution in [2.24, 2.45) is 4.99 Å². The van der Waals surface area contributed by atoms with E-state index in [2.05, 4.69) is 213 Å². The van der Waals surface area contributed by atoms with Crippen LogP contribution in [0.4, 0.5) is 5.69 Å². The summed E-state index contributed by atoms with van der Waals surface area (Å²) in [5, 5.41) is 8.66. The monoisotopic (exact) mass is 804 g/mol. The summed E-state index contributed by atoms with van der Waals surface area (Å²) in [6, 6.07) is 72.0. The van der Waals surface area contributed by atoms with Crippen molar-refractivity contribution in [3.8, 4) is 33.4 Å². The number of aliphatic imine (C=N–C) groups is 1. The van der Waals surface area contributed by atoms with E-state index in [4.69, 9.17) is 9.98 Å². The fourth-order valence-corrected chi connectivity index (χ4v) is 9.19. The van der Waals surface area contributed by atoms with E-state index in [0.717, 1.165) is 57.7 Å². The maximum absolute atomic E-state index is 5.21. The molecule has 0 bridgehead atoms. The van der Waals surface area contributed by atoms with Gasteiger partial charge in [0.05, 0.1) is 22.6 Å². The normalized spacial score (nSPS) is 13.3. The number of rotatable bonds is 8. The molecule has 0 atom stereocenters. The molecular weight excluding hydrogens is 761 g/mol. The third kappa shape index (κ3) is 7.47. The average Bonchev–Trinajstić information content (AvgIpc) is 3.36. The fraction of sp³-hybridized carbons (Fsp3) is 0.0492. The van der Waals surface area contributed by atoms with E-state index >= 15 is 0 Å². The number of nitrogens with zero attached hydrogens (tertiary/aromatic N) is 2. The maximum Gasteiger partial charge on any atom is 0.0722 e. The molecule has 0 amide bonds. The summed E-state index contributed by atoms with van der Waals surface area (Å²) in [7, 11) is 0. The Morgan fingerprint density at radius 3 is 1.92 bits per heavy atom. The quantitative estimate of drug-likeness (QED) is 0.111. The van der Waals surface area contributed by atoms with E-state index in [1.807, 2.05) is 18.2 Å². The molecule has 63 heavy (non-hydrogen) atoms. The number of aromatic nitrogens is 1. The van der Waals surface area contributed by atoms with Gasteiger partial charge in [-0.15, -0.1) is 0 Å². The number of para-hydroxylation sites is 1. The lowest BCUT2D eigenvalue weighted by atomic mass is 9.92. The minimum absolute atomic E-state index is 0.916. The highest BCUT2D eigenvalue weighted by molar-refractivity contribution is 6.16. The zero-order valence-electron chi connectivity index (χ0n) is 35.2. The van der Waals surface area contributed by atoms with Crippen molar-refractivity contribution >= 4 is 65.8 Å². The second-order valence-electron chi connectivity index (χ2n) is 16.5. The summed E-state index contributed by atoms with van der Waals surface area (Å²) >= 11 is 0. The summed E-state index contributed by atoms with van der Waals surface area (Å²) < 4.78 is 0. The van der Waals surface area contributed by atoms with Gasteiger partial charge in [-0.2, -0.15) is 0 Å². The molecule has 0 radical (unpaired) electrons. The molecule has 0 fully saturated rings. The number of fused-ring (bicyclic) bond motifs is 6. The van der Waals surface area contributed by atoms with Gasteiger partial charge in [0.2, 0.25) is 0 Å². The largest absolute Gasteiger partial charge is 0.248 e. The summed E-state index contributed by atoms with van der Waals surface area (Å²) in [5.41, 5.74) is 15.6. The van der Waals surface area contributed by atoms with Crippen LogP contribution in [0.3, 0.4) is 0 Å². The van der Waals surface area contributed by atoms with Gasteiger partial charge in [0, 0.05) is 10.9 Å². The van der Waals surface area contributed by atoms with Crippen LogP contribution in [0.1, 0.15) is 36.6 Å². The number of benzene rings is 9. The predicted octanol–water partition coefficient (Wildman–Crippen LogP) is 16.7. The van der Waals surface area contributed by atoms with Gasteiger partial charge in [0.1, 0.15) is 0 Å². The summed E-state index contributed by atoms with van der Waals surface area (Å²) in [4.78, 5) is 10.4. The zero-order chi connectivity index (χ0) is 42.1. The van der Waals surface area contributed by atoms with E-state index in [0.29, 0.717) is 0 Å². The number of pyridine rings is 1. The summed E-state index contributed by atoms with van der Waals surface area (Å²) in [5.74, 6) is 0. The molecule has 0 saturated carbocycles. The van der Waals surface area contributed by atoms with Crippen molar-refractivity contribution in [2.45, 2.75) is 19.8 Å². The van der Waals surface area contributed by atoms with Gasteiger partial charge in [0.15, 0.2) is 0 Å². The first-order valence-electron chi connectivity index (χ1n) is 21.9. The van der Waals surface area contributed by atoms with Crippen LogP contribution in [-0.4, -0.2) is 10.7 Å². The lowest BCUT2D eigenvalue weighted by Crippen LogP contribution is -1.98. The van der Waals surface area contributed by atoms with E-state index in [1.54, 1.807) is 0 Å². The van der Waals surface area contributed by atoms with Crippen LogP contribution in [0.5, 0.6) is 0 Å². The van der Waals surface area contributed by atoms with Crippen molar-refractivity contribution < 1.29 is 0 Å². The van der Waals surface area contributed by atoms with Gasteiger partial charge < -0.3 is 0 Å². The van der Waals surface area contributed by atoms with Crippen LogP contribution in [0.15, 0.2) is 229 Å². The van der Waals surface area contributed by atoms with E-state index in [1.165, 1.54) is 71.1 Å². The first-order chi connectivity index (χ1) is 31.1.